The van der Waals surface area contributed by atoms with Gasteiger partial charge in [0.05, 0.1) is 11.8 Å². The topological polar surface area (TPSA) is 74.6 Å². The number of carboxylic acids is 2. The number of rotatable bonds is 21. The molecule has 0 rings (SSSR count). The molecular weight excluding hydrogens is 352 g/mol. The number of aliphatic carboxylic acids is 2. The fourth-order valence-electron chi connectivity index (χ4n) is 3.99. The number of carboxylic acid groups (broad SMARTS) is 2. The summed E-state index contributed by atoms with van der Waals surface area (Å²) in [5.41, 5.74) is 0. The second-order valence-corrected chi connectivity index (χ2v) is 8.42. The van der Waals surface area contributed by atoms with Crippen molar-refractivity contribution in [2.75, 3.05) is 0 Å². The molecule has 0 saturated heterocycles. The van der Waals surface area contributed by atoms with E-state index in [9.17, 15) is 19.8 Å². The Bertz CT molecular complexity index is 381. The van der Waals surface area contributed by atoms with Crippen LogP contribution in [0, 0.1) is 11.8 Å². The maximum Gasteiger partial charge on any atom is 0.307 e. The van der Waals surface area contributed by atoms with Crippen LogP contribution in [0.2, 0.25) is 0 Å². The molecule has 0 aliphatic heterocycles. The van der Waals surface area contributed by atoms with Crippen LogP contribution >= 0.6 is 0 Å². The molecule has 0 aliphatic carbocycles. The molecule has 166 valence electrons. The molecular formula is C24H46O4. The van der Waals surface area contributed by atoms with E-state index in [1.807, 2.05) is 0 Å². The highest BCUT2D eigenvalue weighted by Crippen LogP contribution is 2.26. The molecule has 0 radical (unpaired) electrons. The maximum absolute atomic E-state index is 11.6. The molecule has 0 spiro atoms. The van der Waals surface area contributed by atoms with Crippen molar-refractivity contribution in [3.63, 3.8) is 0 Å². The molecule has 0 aliphatic rings. The molecule has 0 bridgehead atoms. The summed E-state index contributed by atoms with van der Waals surface area (Å²) in [5, 5.41) is 19.1. The van der Waals surface area contributed by atoms with E-state index in [1.54, 1.807) is 0 Å². The third-order valence-corrected chi connectivity index (χ3v) is 5.86. The summed E-state index contributed by atoms with van der Waals surface area (Å²) < 4.78 is 0. The minimum atomic E-state index is -0.937. The highest BCUT2D eigenvalue weighted by molar-refractivity contribution is 5.79. The molecule has 0 fully saturated rings. The Balaban J connectivity index is 4.03. The average molecular weight is 399 g/mol. The van der Waals surface area contributed by atoms with Gasteiger partial charge in [0.2, 0.25) is 0 Å². The Kier molecular flexibility index (Phi) is 18.5. The van der Waals surface area contributed by atoms with Gasteiger partial charge in [0.25, 0.3) is 0 Å². The molecule has 2 N–H and O–H groups in total. The first-order valence-electron chi connectivity index (χ1n) is 12.0. The lowest BCUT2D eigenvalue weighted by atomic mass is 9.84. The number of unbranched alkanes of at least 4 members (excludes halogenated alkanes) is 14. The summed E-state index contributed by atoms with van der Waals surface area (Å²) in [6.07, 6.45) is 19.6. The van der Waals surface area contributed by atoms with E-state index >= 15 is 0 Å². The van der Waals surface area contributed by atoms with Gasteiger partial charge in [-0.1, -0.05) is 117 Å². The van der Waals surface area contributed by atoms with E-state index in [1.165, 1.54) is 64.2 Å². The van der Waals surface area contributed by atoms with E-state index in [-0.39, 0.29) is 0 Å². The van der Waals surface area contributed by atoms with Crippen molar-refractivity contribution >= 4 is 11.9 Å². The van der Waals surface area contributed by atoms with Gasteiger partial charge in [-0.15, -0.1) is 0 Å². The average Bonchev–Trinajstić information content (AvgIpc) is 2.66. The lowest BCUT2D eigenvalue weighted by Gasteiger charge is -2.20. The van der Waals surface area contributed by atoms with Gasteiger partial charge in [0.15, 0.2) is 0 Å². The van der Waals surface area contributed by atoms with Gasteiger partial charge < -0.3 is 10.2 Å². The zero-order valence-electron chi connectivity index (χ0n) is 18.6. The number of hydrogen-bond donors (Lipinski definition) is 2. The van der Waals surface area contributed by atoms with Crippen LogP contribution in [0.5, 0.6) is 0 Å². The molecule has 28 heavy (non-hydrogen) atoms. The van der Waals surface area contributed by atoms with Crippen molar-refractivity contribution in [1.82, 2.24) is 0 Å². The first-order chi connectivity index (χ1) is 13.5. The Morgan fingerprint density at radius 1 is 0.500 bits per heavy atom. The largest absolute Gasteiger partial charge is 0.481 e. The summed E-state index contributed by atoms with van der Waals surface area (Å²) in [6, 6.07) is 0. The van der Waals surface area contributed by atoms with Crippen LogP contribution in [0.1, 0.15) is 129 Å². The molecule has 0 aromatic carbocycles. The van der Waals surface area contributed by atoms with Crippen LogP contribution in [0.15, 0.2) is 0 Å². The van der Waals surface area contributed by atoms with Gasteiger partial charge in [-0.05, 0) is 12.8 Å². The van der Waals surface area contributed by atoms with E-state index in [4.69, 9.17) is 0 Å². The highest BCUT2D eigenvalue weighted by atomic mass is 16.4. The first-order valence-corrected chi connectivity index (χ1v) is 12.0. The molecule has 0 saturated carbocycles. The van der Waals surface area contributed by atoms with Crippen LogP contribution in [0.3, 0.4) is 0 Å². The van der Waals surface area contributed by atoms with Gasteiger partial charge in [0, 0.05) is 0 Å². The van der Waals surface area contributed by atoms with Crippen molar-refractivity contribution in [2.45, 2.75) is 129 Å². The predicted molar refractivity (Wildman–Crippen MR) is 117 cm³/mol. The Labute approximate surface area is 173 Å². The Hall–Kier alpha value is -1.06. The summed E-state index contributed by atoms with van der Waals surface area (Å²) in [6.45, 7) is 4.40. The van der Waals surface area contributed by atoms with E-state index in [0.717, 1.165) is 38.5 Å². The highest BCUT2D eigenvalue weighted by Gasteiger charge is 2.32. The van der Waals surface area contributed by atoms with E-state index in [0.29, 0.717) is 12.8 Å². The van der Waals surface area contributed by atoms with Gasteiger partial charge in [-0.3, -0.25) is 9.59 Å². The first kappa shape index (κ1) is 26.9. The zero-order valence-corrected chi connectivity index (χ0v) is 18.6. The SMILES string of the molecule is CCCCCCCCCCCCC(C(=O)O)C(CCCCCCCC)C(=O)O. The summed E-state index contributed by atoms with van der Waals surface area (Å²) >= 11 is 0. The van der Waals surface area contributed by atoms with Crippen LogP contribution in [-0.4, -0.2) is 22.2 Å². The zero-order chi connectivity index (χ0) is 21.0. The van der Waals surface area contributed by atoms with Crippen molar-refractivity contribution in [3.05, 3.63) is 0 Å². The third kappa shape index (κ3) is 14.9. The number of hydrogen-bond acceptors (Lipinski definition) is 2. The van der Waals surface area contributed by atoms with Crippen molar-refractivity contribution in [3.8, 4) is 0 Å². The fraction of sp³-hybridized carbons (Fsp3) is 0.917. The molecule has 0 heterocycles. The Morgan fingerprint density at radius 2 is 0.750 bits per heavy atom. The van der Waals surface area contributed by atoms with Gasteiger partial charge in [0.1, 0.15) is 0 Å². The molecule has 4 nitrogen and oxygen atoms in total. The quantitative estimate of drug-likeness (QED) is 0.197. The van der Waals surface area contributed by atoms with Crippen LogP contribution in [0.25, 0.3) is 0 Å². The molecule has 0 aromatic heterocycles. The molecule has 2 unspecified atom stereocenters. The molecule has 4 heteroatoms. The second kappa shape index (κ2) is 19.3. The van der Waals surface area contributed by atoms with Gasteiger partial charge >= 0.3 is 11.9 Å². The van der Waals surface area contributed by atoms with Crippen LogP contribution in [-0.2, 0) is 9.59 Å². The lowest BCUT2D eigenvalue weighted by molar-refractivity contribution is -0.154. The monoisotopic (exact) mass is 398 g/mol. The summed E-state index contributed by atoms with van der Waals surface area (Å²) in [5.74, 6) is -3.34. The van der Waals surface area contributed by atoms with Crippen molar-refractivity contribution in [1.29, 1.82) is 0 Å². The van der Waals surface area contributed by atoms with Crippen molar-refractivity contribution in [2.24, 2.45) is 11.8 Å². The van der Waals surface area contributed by atoms with Crippen LogP contribution in [0.4, 0.5) is 0 Å². The predicted octanol–water partition coefficient (Wildman–Crippen LogP) is 7.45. The van der Waals surface area contributed by atoms with Crippen LogP contribution < -0.4 is 0 Å². The summed E-state index contributed by atoms with van der Waals surface area (Å²) in [4.78, 5) is 23.3. The molecule has 0 aromatic rings. The fourth-order valence-corrected chi connectivity index (χ4v) is 3.99. The maximum atomic E-state index is 11.6. The second-order valence-electron chi connectivity index (χ2n) is 8.42. The minimum Gasteiger partial charge on any atom is -0.481 e. The van der Waals surface area contributed by atoms with Crippen molar-refractivity contribution < 1.29 is 19.8 Å². The smallest absolute Gasteiger partial charge is 0.307 e. The van der Waals surface area contributed by atoms with Gasteiger partial charge in [-0.25, -0.2) is 0 Å². The van der Waals surface area contributed by atoms with E-state index in [2.05, 4.69) is 13.8 Å². The van der Waals surface area contributed by atoms with E-state index < -0.39 is 23.8 Å². The third-order valence-electron chi connectivity index (χ3n) is 5.86. The number of carbonyl (C=O) groups is 2. The Morgan fingerprint density at radius 3 is 1.00 bits per heavy atom. The lowest BCUT2D eigenvalue weighted by Crippen LogP contribution is -2.30. The standard InChI is InChI=1S/C24H46O4/c1-3-5-7-9-11-12-13-14-16-18-20-22(24(27)28)21(23(25)26)19-17-15-10-8-6-4-2/h21-22H,3-20H2,1-2H3,(H,25,26)(H,27,28). The minimum absolute atomic E-state index is 0.496. The molecule has 0 amide bonds. The normalized spacial score (nSPS) is 13.4. The van der Waals surface area contributed by atoms with Gasteiger partial charge in [-0.2, -0.15) is 0 Å². The summed E-state index contributed by atoms with van der Waals surface area (Å²) in [7, 11) is 0. The molecule has 2 atom stereocenters.